The first-order chi connectivity index (χ1) is 15.2. The molecule has 0 bridgehead atoms. The fourth-order valence-corrected chi connectivity index (χ4v) is 4.91. The SMILES string of the molecule is COc1cccc(CN2CCCC(c3cc(C(=O)NC4CCCCCCC4)on3)C2)c1. The summed E-state index contributed by atoms with van der Waals surface area (Å²) in [5.41, 5.74) is 2.15. The lowest BCUT2D eigenvalue weighted by Gasteiger charge is -2.31. The maximum Gasteiger partial charge on any atom is 0.290 e. The molecule has 2 aliphatic rings. The molecule has 1 aromatic carbocycles. The summed E-state index contributed by atoms with van der Waals surface area (Å²) >= 11 is 0. The largest absolute Gasteiger partial charge is 0.497 e. The van der Waals surface area contributed by atoms with Crippen LogP contribution in [0.2, 0.25) is 0 Å². The second kappa shape index (κ2) is 10.8. The number of amides is 1. The van der Waals surface area contributed by atoms with Crippen LogP contribution >= 0.6 is 0 Å². The summed E-state index contributed by atoms with van der Waals surface area (Å²) in [5, 5.41) is 7.45. The molecule has 1 aromatic heterocycles. The van der Waals surface area contributed by atoms with Crippen LogP contribution < -0.4 is 10.1 Å². The van der Waals surface area contributed by atoms with E-state index in [4.69, 9.17) is 9.26 Å². The standard InChI is InChI=1S/C25H35N3O3/c1-30-22-13-7-9-19(15-22)17-28-14-8-10-20(18-28)23-16-24(31-27-23)25(29)26-21-11-5-3-2-4-6-12-21/h7,9,13,15-16,20-21H,2-6,8,10-12,14,17-18H2,1H3,(H,26,29). The van der Waals surface area contributed by atoms with Crippen LogP contribution in [0.5, 0.6) is 5.75 Å². The van der Waals surface area contributed by atoms with Crippen LogP contribution in [0.1, 0.15) is 85.5 Å². The van der Waals surface area contributed by atoms with Gasteiger partial charge in [0.05, 0.1) is 12.8 Å². The van der Waals surface area contributed by atoms with Crippen molar-refractivity contribution < 1.29 is 14.1 Å². The molecule has 2 aromatic rings. The van der Waals surface area contributed by atoms with Crippen LogP contribution in [0.4, 0.5) is 0 Å². The second-order valence-corrected chi connectivity index (χ2v) is 9.06. The molecule has 2 fully saturated rings. The van der Waals surface area contributed by atoms with Crippen molar-refractivity contribution in [1.29, 1.82) is 0 Å². The fraction of sp³-hybridized carbons (Fsp3) is 0.600. The summed E-state index contributed by atoms with van der Waals surface area (Å²) in [5.74, 6) is 1.42. The van der Waals surface area contributed by atoms with E-state index in [9.17, 15) is 4.79 Å². The molecule has 1 amide bonds. The minimum atomic E-state index is -0.117. The van der Waals surface area contributed by atoms with Gasteiger partial charge in [-0.3, -0.25) is 9.69 Å². The van der Waals surface area contributed by atoms with Crippen LogP contribution in [0, 0.1) is 0 Å². The molecule has 0 radical (unpaired) electrons. The normalized spacial score (nSPS) is 21.3. The van der Waals surface area contributed by atoms with E-state index in [1.165, 1.54) is 37.7 Å². The number of ether oxygens (including phenoxy) is 1. The predicted molar refractivity (Wildman–Crippen MR) is 120 cm³/mol. The van der Waals surface area contributed by atoms with Gasteiger partial charge in [0.2, 0.25) is 5.76 Å². The average Bonchev–Trinajstić information content (AvgIpc) is 3.26. The van der Waals surface area contributed by atoms with Gasteiger partial charge in [0.15, 0.2) is 0 Å². The highest BCUT2D eigenvalue weighted by Crippen LogP contribution is 2.28. The minimum absolute atomic E-state index is 0.117. The maximum absolute atomic E-state index is 12.7. The lowest BCUT2D eigenvalue weighted by atomic mass is 9.94. The van der Waals surface area contributed by atoms with Gasteiger partial charge in [0.25, 0.3) is 5.91 Å². The topological polar surface area (TPSA) is 67.6 Å². The third kappa shape index (κ3) is 6.10. The zero-order chi connectivity index (χ0) is 21.5. The Bertz CT molecular complexity index is 842. The summed E-state index contributed by atoms with van der Waals surface area (Å²) in [4.78, 5) is 15.2. The van der Waals surface area contributed by atoms with Crippen molar-refractivity contribution in [1.82, 2.24) is 15.4 Å². The van der Waals surface area contributed by atoms with Gasteiger partial charge < -0.3 is 14.6 Å². The summed E-state index contributed by atoms with van der Waals surface area (Å²) in [6, 6.07) is 10.4. The minimum Gasteiger partial charge on any atom is -0.497 e. The quantitative estimate of drug-likeness (QED) is 0.713. The smallest absolute Gasteiger partial charge is 0.290 e. The predicted octanol–water partition coefficient (Wildman–Crippen LogP) is 4.91. The molecule has 31 heavy (non-hydrogen) atoms. The van der Waals surface area contributed by atoms with Crippen molar-refractivity contribution in [3.05, 3.63) is 47.3 Å². The average molecular weight is 426 g/mol. The molecule has 2 heterocycles. The molecule has 1 N–H and O–H groups in total. The number of rotatable bonds is 6. The van der Waals surface area contributed by atoms with Crippen LogP contribution in [0.25, 0.3) is 0 Å². The van der Waals surface area contributed by atoms with Gasteiger partial charge in [-0.1, -0.05) is 49.4 Å². The van der Waals surface area contributed by atoms with Gasteiger partial charge in [-0.15, -0.1) is 0 Å². The van der Waals surface area contributed by atoms with Crippen LogP contribution in [0.3, 0.4) is 0 Å². The van der Waals surface area contributed by atoms with Gasteiger partial charge in [0, 0.05) is 31.1 Å². The van der Waals surface area contributed by atoms with Gasteiger partial charge in [-0.25, -0.2) is 0 Å². The molecular weight excluding hydrogens is 390 g/mol. The Balaban J connectivity index is 1.33. The highest BCUT2D eigenvalue weighted by molar-refractivity contribution is 5.91. The first-order valence-electron chi connectivity index (χ1n) is 11.8. The third-order valence-electron chi connectivity index (χ3n) is 6.66. The molecule has 0 spiro atoms. The van der Waals surface area contributed by atoms with Crippen molar-refractivity contribution in [3.8, 4) is 5.75 Å². The Labute approximate surface area is 185 Å². The highest BCUT2D eigenvalue weighted by Gasteiger charge is 2.26. The fourth-order valence-electron chi connectivity index (χ4n) is 4.91. The second-order valence-electron chi connectivity index (χ2n) is 9.06. The first kappa shape index (κ1) is 21.9. The summed E-state index contributed by atoms with van der Waals surface area (Å²) < 4.78 is 10.8. The zero-order valence-corrected chi connectivity index (χ0v) is 18.6. The van der Waals surface area contributed by atoms with E-state index >= 15 is 0 Å². The molecule has 1 saturated heterocycles. The van der Waals surface area contributed by atoms with Gasteiger partial charge >= 0.3 is 0 Å². The molecule has 6 heteroatoms. The lowest BCUT2D eigenvalue weighted by Crippen LogP contribution is -2.35. The van der Waals surface area contributed by atoms with E-state index in [-0.39, 0.29) is 11.9 Å². The van der Waals surface area contributed by atoms with Crippen molar-refractivity contribution in [2.24, 2.45) is 0 Å². The maximum atomic E-state index is 12.7. The number of piperidine rings is 1. The highest BCUT2D eigenvalue weighted by atomic mass is 16.5. The number of carbonyl (C=O) groups is 1. The number of likely N-dealkylation sites (tertiary alicyclic amines) is 1. The Kier molecular flexibility index (Phi) is 7.62. The van der Waals surface area contributed by atoms with Crippen molar-refractivity contribution in [2.45, 2.75) is 76.3 Å². The number of hydrogen-bond acceptors (Lipinski definition) is 5. The summed E-state index contributed by atoms with van der Waals surface area (Å²) in [6.07, 6.45) is 10.6. The summed E-state index contributed by atoms with van der Waals surface area (Å²) in [6.45, 7) is 2.88. The third-order valence-corrected chi connectivity index (χ3v) is 6.66. The van der Waals surface area contributed by atoms with E-state index in [2.05, 4.69) is 27.5 Å². The Hall–Kier alpha value is -2.34. The Morgan fingerprint density at radius 3 is 2.74 bits per heavy atom. The zero-order valence-electron chi connectivity index (χ0n) is 18.6. The van der Waals surface area contributed by atoms with E-state index in [0.29, 0.717) is 11.7 Å². The van der Waals surface area contributed by atoms with E-state index in [0.717, 1.165) is 56.8 Å². The molecule has 1 saturated carbocycles. The lowest BCUT2D eigenvalue weighted by molar-refractivity contribution is 0.0892. The molecule has 1 aliphatic carbocycles. The first-order valence-corrected chi connectivity index (χ1v) is 11.8. The molecule has 168 valence electrons. The number of nitrogens with one attached hydrogen (secondary N) is 1. The monoisotopic (exact) mass is 425 g/mol. The molecule has 1 atom stereocenters. The Morgan fingerprint density at radius 2 is 1.94 bits per heavy atom. The number of methoxy groups -OCH3 is 1. The van der Waals surface area contributed by atoms with Crippen molar-refractivity contribution in [2.75, 3.05) is 20.2 Å². The number of aromatic nitrogens is 1. The molecule has 1 unspecified atom stereocenters. The molecule has 1 aliphatic heterocycles. The Morgan fingerprint density at radius 1 is 1.13 bits per heavy atom. The van der Waals surface area contributed by atoms with Crippen LogP contribution in [-0.4, -0.2) is 42.2 Å². The molecule has 4 rings (SSSR count). The van der Waals surface area contributed by atoms with E-state index in [1.54, 1.807) is 7.11 Å². The van der Waals surface area contributed by atoms with Crippen molar-refractivity contribution in [3.63, 3.8) is 0 Å². The molecular formula is C25H35N3O3. The van der Waals surface area contributed by atoms with Crippen LogP contribution in [-0.2, 0) is 6.54 Å². The number of hydrogen-bond donors (Lipinski definition) is 1. The van der Waals surface area contributed by atoms with E-state index in [1.807, 2.05) is 18.2 Å². The van der Waals surface area contributed by atoms with E-state index < -0.39 is 0 Å². The number of carbonyl (C=O) groups excluding carboxylic acids is 1. The van der Waals surface area contributed by atoms with Crippen LogP contribution in [0.15, 0.2) is 34.9 Å². The van der Waals surface area contributed by atoms with Gasteiger partial charge in [-0.05, 0) is 49.9 Å². The number of benzene rings is 1. The summed E-state index contributed by atoms with van der Waals surface area (Å²) in [7, 11) is 1.70. The van der Waals surface area contributed by atoms with Gasteiger partial charge in [-0.2, -0.15) is 0 Å². The van der Waals surface area contributed by atoms with Gasteiger partial charge in [0.1, 0.15) is 5.75 Å². The number of nitrogens with zero attached hydrogens (tertiary/aromatic N) is 2. The van der Waals surface area contributed by atoms with Crippen molar-refractivity contribution >= 4 is 5.91 Å². The molecule has 6 nitrogen and oxygen atoms in total.